The third-order valence-corrected chi connectivity index (χ3v) is 4.31. The minimum Gasteiger partial charge on any atom is -0.306 e. The number of benzene rings is 1. The third kappa shape index (κ3) is 3.38. The molecule has 0 radical (unpaired) electrons. The van der Waals surface area contributed by atoms with Gasteiger partial charge in [0.2, 0.25) is 0 Å². The molecule has 3 aromatic rings. The van der Waals surface area contributed by atoms with Gasteiger partial charge in [0.15, 0.2) is 0 Å². The van der Waals surface area contributed by atoms with E-state index in [1.165, 1.54) is 16.9 Å². The fourth-order valence-electron chi connectivity index (χ4n) is 2.12. The van der Waals surface area contributed by atoms with Gasteiger partial charge in [0, 0.05) is 12.6 Å². The summed E-state index contributed by atoms with van der Waals surface area (Å²) in [5.41, 5.74) is 1.94. The second-order valence-corrected chi connectivity index (χ2v) is 5.94. The molecule has 1 amide bonds. The summed E-state index contributed by atoms with van der Waals surface area (Å²) in [6.45, 7) is 1.86. The molecule has 5 heteroatoms. The normalized spacial score (nSPS) is 10.4. The lowest BCUT2D eigenvalue weighted by atomic mass is 10.2. The molecule has 0 saturated heterocycles. The van der Waals surface area contributed by atoms with E-state index in [9.17, 15) is 4.79 Å². The first-order valence-electron chi connectivity index (χ1n) is 6.95. The molecule has 2 aromatic heterocycles. The minimum absolute atomic E-state index is 0.159. The van der Waals surface area contributed by atoms with Crippen molar-refractivity contribution in [2.24, 2.45) is 0 Å². The van der Waals surface area contributed by atoms with E-state index in [-0.39, 0.29) is 5.91 Å². The number of rotatable bonds is 4. The lowest BCUT2D eigenvalue weighted by Crippen LogP contribution is -2.12. The predicted molar refractivity (Wildman–Crippen MR) is 88.3 cm³/mol. The van der Waals surface area contributed by atoms with Crippen molar-refractivity contribution in [3.63, 3.8) is 0 Å². The van der Waals surface area contributed by atoms with Crippen molar-refractivity contribution in [2.75, 3.05) is 5.32 Å². The zero-order chi connectivity index (χ0) is 15.4. The molecule has 0 aliphatic carbocycles. The van der Waals surface area contributed by atoms with E-state index in [1.807, 2.05) is 37.3 Å². The van der Waals surface area contributed by atoms with E-state index in [1.54, 1.807) is 12.3 Å². The SMILES string of the molecule is Cc1nc(Cc2ccccc2)sc1C(=O)Nc1ccccn1. The van der Waals surface area contributed by atoms with E-state index in [0.717, 1.165) is 17.1 Å². The summed E-state index contributed by atoms with van der Waals surface area (Å²) in [6, 6.07) is 15.5. The van der Waals surface area contributed by atoms with Crippen LogP contribution in [0.1, 0.15) is 25.9 Å². The number of carbonyl (C=O) groups is 1. The largest absolute Gasteiger partial charge is 0.306 e. The molecule has 0 aliphatic rings. The predicted octanol–water partition coefficient (Wildman–Crippen LogP) is 3.69. The molecule has 1 N–H and O–H groups in total. The molecule has 2 heterocycles. The molecule has 0 atom stereocenters. The first-order valence-corrected chi connectivity index (χ1v) is 7.76. The number of nitrogens with one attached hydrogen (secondary N) is 1. The van der Waals surface area contributed by atoms with Gasteiger partial charge in [-0.1, -0.05) is 36.4 Å². The van der Waals surface area contributed by atoms with Crippen LogP contribution in [-0.4, -0.2) is 15.9 Å². The van der Waals surface area contributed by atoms with Crippen LogP contribution in [0.3, 0.4) is 0 Å². The average Bonchev–Trinajstić information content (AvgIpc) is 2.90. The summed E-state index contributed by atoms with van der Waals surface area (Å²) in [5, 5.41) is 3.74. The van der Waals surface area contributed by atoms with E-state index in [2.05, 4.69) is 27.4 Å². The summed E-state index contributed by atoms with van der Waals surface area (Å²) >= 11 is 1.43. The molecule has 3 rings (SSSR count). The minimum atomic E-state index is -0.159. The van der Waals surface area contributed by atoms with Crippen LogP contribution in [0.4, 0.5) is 5.82 Å². The molecule has 22 heavy (non-hydrogen) atoms. The van der Waals surface area contributed by atoms with Gasteiger partial charge < -0.3 is 5.32 Å². The van der Waals surface area contributed by atoms with Crippen LogP contribution >= 0.6 is 11.3 Å². The van der Waals surface area contributed by atoms with Gasteiger partial charge in [0.25, 0.3) is 5.91 Å². The fourth-order valence-corrected chi connectivity index (χ4v) is 3.11. The van der Waals surface area contributed by atoms with Crippen molar-refractivity contribution in [1.29, 1.82) is 0 Å². The zero-order valence-corrected chi connectivity index (χ0v) is 12.9. The number of amides is 1. The maximum absolute atomic E-state index is 12.3. The molecule has 0 unspecified atom stereocenters. The Labute approximate surface area is 132 Å². The van der Waals surface area contributed by atoms with Crippen molar-refractivity contribution in [3.8, 4) is 0 Å². The number of aromatic nitrogens is 2. The maximum atomic E-state index is 12.3. The monoisotopic (exact) mass is 309 g/mol. The molecule has 1 aromatic carbocycles. The van der Waals surface area contributed by atoms with Crippen LogP contribution in [0, 0.1) is 6.92 Å². The number of carbonyl (C=O) groups excluding carboxylic acids is 1. The van der Waals surface area contributed by atoms with Crippen molar-refractivity contribution in [3.05, 3.63) is 75.9 Å². The lowest BCUT2D eigenvalue weighted by molar-refractivity contribution is 0.102. The maximum Gasteiger partial charge on any atom is 0.268 e. The highest BCUT2D eigenvalue weighted by molar-refractivity contribution is 7.14. The molecule has 0 bridgehead atoms. The first-order chi connectivity index (χ1) is 10.7. The highest BCUT2D eigenvalue weighted by Crippen LogP contribution is 2.21. The Morgan fingerprint density at radius 2 is 1.91 bits per heavy atom. The van der Waals surface area contributed by atoms with Crippen LogP contribution < -0.4 is 5.32 Å². The molecular weight excluding hydrogens is 294 g/mol. The van der Waals surface area contributed by atoms with Crippen LogP contribution in [0.15, 0.2) is 54.7 Å². The molecule has 0 fully saturated rings. The number of pyridine rings is 1. The Bertz CT molecular complexity index is 769. The Morgan fingerprint density at radius 1 is 1.14 bits per heavy atom. The summed E-state index contributed by atoms with van der Waals surface area (Å²) in [5.74, 6) is 0.387. The molecule has 0 saturated carbocycles. The average molecular weight is 309 g/mol. The number of hydrogen-bond donors (Lipinski definition) is 1. The highest BCUT2D eigenvalue weighted by atomic mass is 32.1. The summed E-state index contributed by atoms with van der Waals surface area (Å²) in [7, 11) is 0. The van der Waals surface area contributed by atoms with Gasteiger partial charge in [-0.25, -0.2) is 9.97 Å². The number of aryl methyl sites for hydroxylation is 1. The standard InChI is InChI=1S/C17H15N3OS/c1-12-16(17(21)20-14-9-5-6-10-18-14)22-15(19-12)11-13-7-3-2-4-8-13/h2-10H,11H2,1H3,(H,18,20,21). The molecule has 110 valence electrons. The molecule has 0 spiro atoms. The number of anilines is 1. The Morgan fingerprint density at radius 3 is 2.64 bits per heavy atom. The van der Waals surface area contributed by atoms with Gasteiger partial charge in [-0.3, -0.25) is 4.79 Å². The molecule has 4 nitrogen and oxygen atoms in total. The third-order valence-electron chi connectivity index (χ3n) is 3.15. The number of thiazole rings is 1. The van der Waals surface area contributed by atoms with Gasteiger partial charge in [0.1, 0.15) is 10.7 Å². The van der Waals surface area contributed by atoms with Gasteiger partial charge in [-0.05, 0) is 24.6 Å². The van der Waals surface area contributed by atoms with Crippen LogP contribution in [0.5, 0.6) is 0 Å². The van der Waals surface area contributed by atoms with Gasteiger partial charge in [0.05, 0.1) is 10.7 Å². The Balaban J connectivity index is 1.76. The van der Waals surface area contributed by atoms with Crippen molar-refractivity contribution < 1.29 is 4.79 Å². The molecule has 0 aliphatic heterocycles. The number of nitrogens with zero attached hydrogens (tertiary/aromatic N) is 2. The van der Waals surface area contributed by atoms with E-state index in [0.29, 0.717) is 10.7 Å². The number of hydrogen-bond acceptors (Lipinski definition) is 4. The van der Waals surface area contributed by atoms with Crippen LogP contribution in [0.25, 0.3) is 0 Å². The van der Waals surface area contributed by atoms with Crippen molar-refractivity contribution in [2.45, 2.75) is 13.3 Å². The van der Waals surface area contributed by atoms with Gasteiger partial charge in [-0.2, -0.15) is 0 Å². The summed E-state index contributed by atoms with van der Waals surface area (Å²) in [6.07, 6.45) is 2.39. The van der Waals surface area contributed by atoms with E-state index >= 15 is 0 Å². The topological polar surface area (TPSA) is 54.9 Å². The van der Waals surface area contributed by atoms with Crippen molar-refractivity contribution in [1.82, 2.24) is 9.97 Å². The molecular formula is C17H15N3OS. The van der Waals surface area contributed by atoms with Crippen molar-refractivity contribution >= 4 is 23.1 Å². The quantitative estimate of drug-likeness (QED) is 0.799. The second kappa shape index (κ2) is 6.49. The van der Waals surface area contributed by atoms with Gasteiger partial charge in [-0.15, -0.1) is 11.3 Å². The Hall–Kier alpha value is -2.53. The lowest BCUT2D eigenvalue weighted by Gasteiger charge is -2.01. The summed E-state index contributed by atoms with van der Waals surface area (Å²) < 4.78 is 0. The second-order valence-electron chi connectivity index (χ2n) is 4.85. The van der Waals surface area contributed by atoms with E-state index < -0.39 is 0 Å². The summed E-state index contributed by atoms with van der Waals surface area (Å²) in [4.78, 5) is 21.6. The van der Waals surface area contributed by atoms with Gasteiger partial charge >= 0.3 is 0 Å². The fraction of sp³-hybridized carbons (Fsp3) is 0.118. The smallest absolute Gasteiger partial charge is 0.268 e. The first kappa shape index (κ1) is 14.4. The Kier molecular flexibility index (Phi) is 4.25. The van der Waals surface area contributed by atoms with Crippen LogP contribution in [0.2, 0.25) is 0 Å². The highest BCUT2D eigenvalue weighted by Gasteiger charge is 2.16. The van der Waals surface area contributed by atoms with E-state index in [4.69, 9.17) is 0 Å². The zero-order valence-electron chi connectivity index (χ0n) is 12.1. The van der Waals surface area contributed by atoms with Crippen LogP contribution in [-0.2, 0) is 6.42 Å².